The van der Waals surface area contributed by atoms with Gasteiger partial charge in [-0.1, -0.05) is 31.0 Å². The first kappa shape index (κ1) is 13.4. The van der Waals surface area contributed by atoms with Gasteiger partial charge in [-0.25, -0.2) is 0 Å². The molecule has 2 rings (SSSR count). The second kappa shape index (κ2) is 6.79. The quantitative estimate of drug-likeness (QED) is 0.857. The van der Waals surface area contributed by atoms with Gasteiger partial charge in [0.25, 0.3) is 0 Å². The van der Waals surface area contributed by atoms with Crippen molar-refractivity contribution in [1.82, 2.24) is 5.32 Å². The van der Waals surface area contributed by atoms with Crippen molar-refractivity contribution in [2.45, 2.75) is 38.6 Å². The molecule has 2 heteroatoms. The van der Waals surface area contributed by atoms with E-state index in [1.807, 2.05) is 0 Å². The number of benzene rings is 1. The molecule has 100 valence electrons. The van der Waals surface area contributed by atoms with Gasteiger partial charge in [0.15, 0.2) is 0 Å². The van der Waals surface area contributed by atoms with Crippen molar-refractivity contribution in [2.75, 3.05) is 25.0 Å². The van der Waals surface area contributed by atoms with Gasteiger partial charge in [0.1, 0.15) is 0 Å². The summed E-state index contributed by atoms with van der Waals surface area (Å²) in [5.41, 5.74) is 1.36. The van der Waals surface area contributed by atoms with Gasteiger partial charge in [-0.15, -0.1) is 0 Å². The molecule has 0 spiro atoms. The van der Waals surface area contributed by atoms with Gasteiger partial charge in [-0.2, -0.15) is 0 Å². The maximum Gasteiger partial charge on any atom is 0.0366 e. The summed E-state index contributed by atoms with van der Waals surface area (Å²) < 4.78 is 0. The second-order valence-corrected chi connectivity index (χ2v) is 5.31. The van der Waals surface area contributed by atoms with Crippen molar-refractivity contribution in [1.29, 1.82) is 0 Å². The number of para-hydroxylation sites is 1. The van der Waals surface area contributed by atoms with E-state index in [0.29, 0.717) is 6.04 Å². The molecule has 0 saturated heterocycles. The first-order valence-electron chi connectivity index (χ1n) is 7.32. The molecule has 1 saturated carbocycles. The Balaban J connectivity index is 2.01. The third-order valence-electron chi connectivity index (χ3n) is 4.24. The van der Waals surface area contributed by atoms with Crippen molar-refractivity contribution >= 4 is 5.69 Å². The molecule has 0 aliphatic heterocycles. The van der Waals surface area contributed by atoms with Crippen LogP contribution in [0.2, 0.25) is 0 Å². The minimum Gasteiger partial charge on any atom is -0.371 e. The van der Waals surface area contributed by atoms with E-state index in [9.17, 15) is 0 Å². The second-order valence-electron chi connectivity index (χ2n) is 5.31. The highest BCUT2D eigenvalue weighted by molar-refractivity contribution is 5.45. The first-order valence-corrected chi connectivity index (χ1v) is 7.32. The maximum absolute atomic E-state index is 3.51. The molecule has 2 unspecified atom stereocenters. The van der Waals surface area contributed by atoms with E-state index in [4.69, 9.17) is 0 Å². The van der Waals surface area contributed by atoms with E-state index in [1.54, 1.807) is 0 Å². The summed E-state index contributed by atoms with van der Waals surface area (Å²) in [7, 11) is 2.11. The Kier molecular flexibility index (Phi) is 5.06. The molecular weight excluding hydrogens is 220 g/mol. The fourth-order valence-corrected chi connectivity index (χ4v) is 3.15. The molecule has 18 heavy (non-hydrogen) atoms. The Labute approximate surface area is 111 Å². The highest BCUT2D eigenvalue weighted by Gasteiger charge is 2.25. The van der Waals surface area contributed by atoms with Crippen LogP contribution in [-0.2, 0) is 0 Å². The van der Waals surface area contributed by atoms with Crippen molar-refractivity contribution in [3.8, 4) is 0 Å². The van der Waals surface area contributed by atoms with Crippen LogP contribution in [0.1, 0.15) is 32.6 Å². The van der Waals surface area contributed by atoms with Gasteiger partial charge in [0.2, 0.25) is 0 Å². The molecule has 0 radical (unpaired) electrons. The average Bonchev–Trinajstić information content (AvgIpc) is 2.46. The van der Waals surface area contributed by atoms with Crippen molar-refractivity contribution in [2.24, 2.45) is 5.92 Å². The summed E-state index contributed by atoms with van der Waals surface area (Å²) in [5.74, 6) is 0.795. The van der Waals surface area contributed by atoms with Crippen LogP contribution < -0.4 is 10.2 Å². The lowest BCUT2D eigenvalue weighted by molar-refractivity contribution is 0.276. The molecule has 1 aromatic rings. The Morgan fingerprint density at radius 1 is 1.17 bits per heavy atom. The lowest BCUT2D eigenvalue weighted by atomic mass is 9.84. The monoisotopic (exact) mass is 246 g/mol. The van der Waals surface area contributed by atoms with Gasteiger partial charge in [0.05, 0.1) is 0 Å². The van der Waals surface area contributed by atoms with Crippen LogP contribution in [0.15, 0.2) is 30.3 Å². The van der Waals surface area contributed by atoms with E-state index in [2.05, 4.69) is 54.5 Å². The maximum atomic E-state index is 3.51. The van der Waals surface area contributed by atoms with Crippen LogP contribution in [0.4, 0.5) is 5.69 Å². The van der Waals surface area contributed by atoms with Gasteiger partial charge >= 0.3 is 0 Å². The molecular formula is C16H26N2. The zero-order chi connectivity index (χ0) is 12.8. The summed E-state index contributed by atoms with van der Waals surface area (Å²) in [6.07, 6.45) is 5.50. The minimum absolute atomic E-state index is 0.705. The van der Waals surface area contributed by atoms with Gasteiger partial charge < -0.3 is 10.2 Å². The summed E-state index contributed by atoms with van der Waals surface area (Å²) in [4.78, 5) is 2.51. The highest BCUT2D eigenvalue weighted by Crippen LogP contribution is 2.26. The van der Waals surface area contributed by atoms with Crippen molar-refractivity contribution < 1.29 is 0 Å². The molecule has 1 fully saturated rings. The molecule has 0 bridgehead atoms. The van der Waals surface area contributed by atoms with Crippen LogP contribution in [0, 0.1) is 5.92 Å². The number of hydrogen-bond donors (Lipinski definition) is 1. The van der Waals surface area contributed by atoms with E-state index < -0.39 is 0 Å². The molecule has 1 N–H and O–H groups in total. The number of nitrogens with one attached hydrogen (secondary N) is 1. The Bertz CT molecular complexity index is 336. The molecule has 2 atom stereocenters. The summed E-state index contributed by atoms with van der Waals surface area (Å²) in [6.45, 7) is 4.53. The molecule has 0 aromatic heterocycles. The number of rotatable bonds is 5. The van der Waals surface area contributed by atoms with E-state index in [1.165, 1.54) is 37.9 Å². The fourth-order valence-electron chi connectivity index (χ4n) is 3.15. The van der Waals surface area contributed by atoms with Gasteiger partial charge in [0, 0.05) is 24.8 Å². The number of nitrogens with zero attached hydrogens (tertiary/aromatic N) is 1. The van der Waals surface area contributed by atoms with Crippen LogP contribution in [0.5, 0.6) is 0 Å². The molecule has 1 aromatic carbocycles. The Morgan fingerprint density at radius 2 is 1.89 bits per heavy atom. The van der Waals surface area contributed by atoms with Crippen LogP contribution in [0.3, 0.4) is 0 Å². The Hall–Kier alpha value is -1.02. The van der Waals surface area contributed by atoms with E-state index in [-0.39, 0.29) is 0 Å². The van der Waals surface area contributed by atoms with Gasteiger partial charge in [-0.05, 0) is 44.9 Å². The topological polar surface area (TPSA) is 15.3 Å². The van der Waals surface area contributed by atoms with Gasteiger partial charge in [-0.3, -0.25) is 0 Å². The summed E-state index contributed by atoms with van der Waals surface area (Å²) in [6, 6.07) is 11.5. The predicted molar refractivity (Wildman–Crippen MR) is 79.1 cm³/mol. The smallest absolute Gasteiger partial charge is 0.0366 e. The summed E-state index contributed by atoms with van der Waals surface area (Å²) >= 11 is 0. The summed E-state index contributed by atoms with van der Waals surface area (Å²) in [5, 5.41) is 3.51. The lowest BCUT2D eigenvalue weighted by Crippen LogP contribution is -2.43. The molecule has 2 nitrogen and oxygen atoms in total. The van der Waals surface area contributed by atoms with Crippen molar-refractivity contribution in [3.05, 3.63) is 30.3 Å². The third-order valence-corrected chi connectivity index (χ3v) is 4.24. The normalized spacial score (nSPS) is 23.9. The molecule has 0 amide bonds. The highest BCUT2D eigenvalue weighted by atomic mass is 15.1. The van der Waals surface area contributed by atoms with Crippen LogP contribution >= 0.6 is 0 Å². The Morgan fingerprint density at radius 3 is 2.56 bits per heavy atom. The zero-order valence-corrected chi connectivity index (χ0v) is 11.7. The number of anilines is 1. The zero-order valence-electron chi connectivity index (χ0n) is 11.7. The van der Waals surface area contributed by atoms with Crippen molar-refractivity contribution in [3.63, 3.8) is 0 Å². The number of hydrogen-bond acceptors (Lipinski definition) is 2. The molecule has 1 aliphatic rings. The third kappa shape index (κ3) is 3.26. The molecule has 0 heterocycles. The largest absolute Gasteiger partial charge is 0.371 e. The first-order chi connectivity index (χ1) is 8.85. The SMILES string of the molecule is CCN(CC1CCCCC1NC)c1ccccc1. The fraction of sp³-hybridized carbons (Fsp3) is 0.625. The van der Waals surface area contributed by atoms with E-state index >= 15 is 0 Å². The average molecular weight is 246 g/mol. The van der Waals surface area contributed by atoms with Crippen LogP contribution in [-0.4, -0.2) is 26.2 Å². The minimum atomic E-state index is 0.705. The van der Waals surface area contributed by atoms with Crippen LogP contribution in [0.25, 0.3) is 0 Å². The van der Waals surface area contributed by atoms with E-state index in [0.717, 1.165) is 12.5 Å². The lowest BCUT2D eigenvalue weighted by Gasteiger charge is -2.36. The predicted octanol–water partition coefficient (Wildman–Crippen LogP) is 3.29. The standard InChI is InChI=1S/C16H26N2/c1-3-18(15-10-5-4-6-11-15)13-14-9-7-8-12-16(14)17-2/h4-6,10-11,14,16-17H,3,7-9,12-13H2,1-2H3. The molecule has 1 aliphatic carbocycles.